The summed E-state index contributed by atoms with van der Waals surface area (Å²) in [5, 5.41) is 6.16. The molecule has 0 radical (unpaired) electrons. The molecule has 2 N–H and O–H groups in total. The van der Waals surface area contributed by atoms with E-state index in [0.29, 0.717) is 23.9 Å². The van der Waals surface area contributed by atoms with Gasteiger partial charge in [0, 0.05) is 19.9 Å². The third-order valence-electron chi connectivity index (χ3n) is 3.66. The van der Waals surface area contributed by atoms with Crippen LogP contribution in [0, 0.1) is 11.6 Å². The first kappa shape index (κ1) is 16.1. The van der Waals surface area contributed by atoms with E-state index in [1.54, 1.807) is 13.2 Å². The van der Waals surface area contributed by atoms with Gasteiger partial charge in [0.15, 0.2) is 11.6 Å². The number of benzene rings is 1. The van der Waals surface area contributed by atoms with Crippen molar-refractivity contribution in [3.8, 4) is 0 Å². The van der Waals surface area contributed by atoms with Gasteiger partial charge in [-0.3, -0.25) is 0 Å². The van der Waals surface area contributed by atoms with Crippen LogP contribution in [0.4, 0.5) is 20.5 Å². The number of nitrogens with zero attached hydrogens (tertiary/aromatic N) is 2. The molecular weight excluding hydrogens is 370 g/mol. The molecule has 1 saturated heterocycles. The minimum atomic E-state index is -0.880. The SMILES string of the molecule is CNc1nc(N[C@H]2CCO[C@H]2c2ccc(F)c(F)c2)ncc1Br. The molecule has 1 fully saturated rings. The number of ether oxygens (including phenoxy) is 1. The molecule has 5 nitrogen and oxygen atoms in total. The summed E-state index contributed by atoms with van der Waals surface area (Å²) < 4.78 is 33.0. The van der Waals surface area contributed by atoms with Crippen molar-refractivity contribution in [2.24, 2.45) is 0 Å². The summed E-state index contributed by atoms with van der Waals surface area (Å²) >= 11 is 3.35. The topological polar surface area (TPSA) is 59.1 Å². The van der Waals surface area contributed by atoms with Crippen molar-refractivity contribution in [3.05, 3.63) is 46.1 Å². The van der Waals surface area contributed by atoms with Crippen molar-refractivity contribution in [2.45, 2.75) is 18.6 Å². The molecular formula is C15H15BrF2N4O. The molecule has 0 aliphatic carbocycles. The second-order valence-electron chi connectivity index (χ2n) is 5.14. The highest BCUT2D eigenvalue weighted by molar-refractivity contribution is 9.10. The molecule has 0 saturated carbocycles. The molecule has 1 aromatic carbocycles. The Hall–Kier alpha value is -1.80. The van der Waals surface area contributed by atoms with Crippen LogP contribution in [0.3, 0.4) is 0 Å². The predicted octanol–water partition coefficient (Wildman–Crippen LogP) is 3.50. The molecule has 8 heteroatoms. The lowest BCUT2D eigenvalue weighted by Gasteiger charge is -2.20. The standard InChI is InChI=1S/C15H15BrF2N4O/c1-19-14-9(16)7-20-15(22-14)21-12-4-5-23-13(12)8-2-3-10(17)11(18)6-8/h2-3,6-7,12-13H,4-5H2,1H3,(H2,19,20,21,22)/t12-,13-/m0/s1. The molecule has 2 aromatic rings. The Morgan fingerprint density at radius 2 is 2.13 bits per heavy atom. The third kappa shape index (κ3) is 3.42. The molecule has 0 unspecified atom stereocenters. The number of rotatable bonds is 4. The maximum atomic E-state index is 13.4. The van der Waals surface area contributed by atoms with Crippen LogP contribution in [0.25, 0.3) is 0 Å². The first-order chi connectivity index (χ1) is 11.1. The number of nitrogens with one attached hydrogen (secondary N) is 2. The fourth-order valence-electron chi connectivity index (χ4n) is 2.53. The van der Waals surface area contributed by atoms with Crippen LogP contribution < -0.4 is 10.6 Å². The molecule has 1 aliphatic rings. The molecule has 0 bridgehead atoms. The van der Waals surface area contributed by atoms with Gasteiger partial charge in [0.2, 0.25) is 5.95 Å². The van der Waals surface area contributed by atoms with Crippen LogP contribution in [0.5, 0.6) is 0 Å². The summed E-state index contributed by atoms with van der Waals surface area (Å²) in [4.78, 5) is 8.56. The summed E-state index contributed by atoms with van der Waals surface area (Å²) in [5.41, 5.74) is 0.588. The van der Waals surface area contributed by atoms with E-state index in [-0.39, 0.29) is 12.1 Å². The summed E-state index contributed by atoms with van der Waals surface area (Å²) in [6.07, 6.45) is 1.98. The van der Waals surface area contributed by atoms with Crippen molar-refractivity contribution in [2.75, 3.05) is 24.3 Å². The van der Waals surface area contributed by atoms with Gasteiger partial charge < -0.3 is 15.4 Å². The minimum Gasteiger partial charge on any atom is -0.372 e. The number of halogens is 3. The molecule has 2 heterocycles. The van der Waals surface area contributed by atoms with Gasteiger partial charge in [-0.1, -0.05) is 6.07 Å². The van der Waals surface area contributed by atoms with E-state index >= 15 is 0 Å². The molecule has 1 aromatic heterocycles. The summed E-state index contributed by atoms with van der Waals surface area (Å²) in [6, 6.07) is 3.69. The highest BCUT2D eigenvalue weighted by Crippen LogP contribution is 2.32. The maximum absolute atomic E-state index is 13.4. The van der Waals surface area contributed by atoms with E-state index in [2.05, 4.69) is 36.5 Å². The fraction of sp³-hybridized carbons (Fsp3) is 0.333. The van der Waals surface area contributed by atoms with Crippen LogP contribution in [0.2, 0.25) is 0 Å². The normalized spacial score (nSPS) is 20.5. The average Bonchev–Trinajstić information content (AvgIpc) is 3.00. The monoisotopic (exact) mass is 384 g/mol. The quantitative estimate of drug-likeness (QED) is 0.844. The first-order valence-electron chi connectivity index (χ1n) is 7.12. The van der Waals surface area contributed by atoms with Crippen LogP contribution in [-0.2, 0) is 4.74 Å². The lowest BCUT2D eigenvalue weighted by molar-refractivity contribution is 0.107. The Morgan fingerprint density at radius 1 is 1.30 bits per heavy atom. The average molecular weight is 385 g/mol. The van der Waals surface area contributed by atoms with E-state index in [4.69, 9.17) is 4.74 Å². The molecule has 0 amide bonds. The van der Waals surface area contributed by atoms with Crippen molar-refractivity contribution < 1.29 is 13.5 Å². The lowest BCUT2D eigenvalue weighted by Crippen LogP contribution is -2.24. The van der Waals surface area contributed by atoms with Gasteiger partial charge in [-0.2, -0.15) is 4.98 Å². The number of anilines is 2. The van der Waals surface area contributed by atoms with Crippen molar-refractivity contribution in [3.63, 3.8) is 0 Å². The van der Waals surface area contributed by atoms with E-state index in [9.17, 15) is 8.78 Å². The van der Waals surface area contributed by atoms with Gasteiger partial charge in [-0.25, -0.2) is 13.8 Å². The lowest BCUT2D eigenvalue weighted by atomic mass is 10.0. The van der Waals surface area contributed by atoms with Crippen LogP contribution in [-0.4, -0.2) is 29.7 Å². The van der Waals surface area contributed by atoms with Crippen LogP contribution >= 0.6 is 15.9 Å². The highest BCUT2D eigenvalue weighted by atomic mass is 79.9. The van der Waals surface area contributed by atoms with Gasteiger partial charge >= 0.3 is 0 Å². The van der Waals surface area contributed by atoms with Crippen molar-refractivity contribution in [1.29, 1.82) is 0 Å². The molecule has 0 spiro atoms. The second kappa shape index (κ2) is 6.76. The van der Waals surface area contributed by atoms with Gasteiger partial charge in [0.1, 0.15) is 11.9 Å². The van der Waals surface area contributed by atoms with Crippen molar-refractivity contribution >= 4 is 27.7 Å². The van der Waals surface area contributed by atoms with Gasteiger partial charge in [0.25, 0.3) is 0 Å². The number of aromatic nitrogens is 2. The Bertz CT molecular complexity index is 716. The summed E-state index contributed by atoms with van der Waals surface area (Å²) in [7, 11) is 1.76. The number of hydrogen-bond acceptors (Lipinski definition) is 5. The van der Waals surface area contributed by atoms with Gasteiger partial charge in [-0.05, 0) is 40.0 Å². The Morgan fingerprint density at radius 3 is 2.87 bits per heavy atom. The van der Waals surface area contributed by atoms with Gasteiger partial charge in [0.05, 0.1) is 10.5 Å². The fourth-order valence-corrected chi connectivity index (χ4v) is 2.92. The molecule has 23 heavy (non-hydrogen) atoms. The number of hydrogen-bond donors (Lipinski definition) is 2. The first-order valence-corrected chi connectivity index (χ1v) is 7.91. The van der Waals surface area contributed by atoms with Crippen LogP contribution in [0.1, 0.15) is 18.1 Å². The largest absolute Gasteiger partial charge is 0.372 e. The third-order valence-corrected chi connectivity index (χ3v) is 4.24. The molecule has 3 rings (SSSR count). The zero-order chi connectivity index (χ0) is 16.4. The highest BCUT2D eigenvalue weighted by Gasteiger charge is 2.31. The Kier molecular flexibility index (Phi) is 4.72. The van der Waals surface area contributed by atoms with Crippen LogP contribution in [0.15, 0.2) is 28.9 Å². The van der Waals surface area contributed by atoms with E-state index < -0.39 is 11.6 Å². The molecule has 2 atom stereocenters. The van der Waals surface area contributed by atoms with E-state index in [0.717, 1.165) is 17.0 Å². The Labute approximate surface area is 140 Å². The molecule has 122 valence electrons. The summed E-state index contributed by atoms with van der Waals surface area (Å²) in [6.45, 7) is 0.525. The van der Waals surface area contributed by atoms with Gasteiger partial charge in [-0.15, -0.1) is 0 Å². The van der Waals surface area contributed by atoms with E-state index in [1.807, 2.05) is 0 Å². The second-order valence-corrected chi connectivity index (χ2v) is 6.00. The smallest absolute Gasteiger partial charge is 0.224 e. The molecule has 1 aliphatic heterocycles. The zero-order valence-electron chi connectivity index (χ0n) is 12.3. The van der Waals surface area contributed by atoms with Crippen molar-refractivity contribution in [1.82, 2.24) is 9.97 Å². The predicted molar refractivity (Wildman–Crippen MR) is 86.4 cm³/mol. The van der Waals surface area contributed by atoms with E-state index in [1.165, 1.54) is 12.1 Å². The summed E-state index contributed by atoms with van der Waals surface area (Å²) in [5.74, 6) is -0.647. The maximum Gasteiger partial charge on any atom is 0.224 e. The zero-order valence-corrected chi connectivity index (χ0v) is 13.9. The minimum absolute atomic E-state index is 0.120. The Balaban J connectivity index is 1.80.